The average molecular weight is 690 g/mol. The number of aromatic nitrogens is 1. The summed E-state index contributed by atoms with van der Waals surface area (Å²) < 4.78 is 11.5. The summed E-state index contributed by atoms with van der Waals surface area (Å²) in [6, 6.07) is 17.3. The van der Waals surface area contributed by atoms with E-state index < -0.39 is 6.03 Å². The molecule has 12 heteroatoms. The van der Waals surface area contributed by atoms with Crippen LogP contribution in [0.25, 0.3) is 22.6 Å². The Morgan fingerprint density at radius 3 is 2.29 bits per heavy atom. The molecule has 5 N–H and O–H groups in total. The van der Waals surface area contributed by atoms with E-state index in [1.54, 1.807) is 69.6 Å². The van der Waals surface area contributed by atoms with Crippen molar-refractivity contribution in [3.63, 3.8) is 0 Å². The lowest BCUT2D eigenvalue weighted by molar-refractivity contribution is 0.0595. The second-order valence-electron chi connectivity index (χ2n) is 12.9. The lowest BCUT2D eigenvalue weighted by Gasteiger charge is -2.37. The van der Waals surface area contributed by atoms with E-state index in [4.69, 9.17) is 14.9 Å². The first-order valence-corrected chi connectivity index (χ1v) is 16.9. The molecule has 0 saturated carbocycles. The van der Waals surface area contributed by atoms with Crippen molar-refractivity contribution in [2.24, 2.45) is 0 Å². The summed E-state index contributed by atoms with van der Waals surface area (Å²) in [6.45, 7) is 11.0. The number of allylic oxidation sites excluding steroid dienone is 3. The number of fused-ring (bicyclic) bond motifs is 2. The Morgan fingerprint density at radius 1 is 0.961 bits per heavy atom. The van der Waals surface area contributed by atoms with Gasteiger partial charge in [0.25, 0.3) is 5.91 Å². The van der Waals surface area contributed by atoms with Crippen LogP contribution in [0.3, 0.4) is 0 Å². The summed E-state index contributed by atoms with van der Waals surface area (Å²) in [6.07, 6.45) is 1.68. The number of nitrogens with zero attached hydrogens (tertiary/aromatic N) is 2. The van der Waals surface area contributed by atoms with Gasteiger partial charge in [0.2, 0.25) is 5.78 Å². The number of ketones is 1. The summed E-state index contributed by atoms with van der Waals surface area (Å²) in [5.74, 6) is 0.754. The smallest absolute Gasteiger partial charge is 0.323 e. The number of hydrogen-bond donors (Lipinski definition) is 5. The number of anilines is 2. The number of ether oxygens (including phenoxy) is 2. The van der Waals surface area contributed by atoms with Gasteiger partial charge in [-0.25, -0.2) is 4.79 Å². The molecule has 3 aromatic carbocycles. The first-order chi connectivity index (χ1) is 24.5. The molecule has 1 saturated heterocycles. The zero-order valence-corrected chi connectivity index (χ0v) is 29.7. The maximum atomic E-state index is 13.7. The van der Waals surface area contributed by atoms with E-state index in [1.165, 1.54) is 0 Å². The Kier molecular flexibility index (Phi) is 9.97. The van der Waals surface area contributed by atoms with Crippen LogP contribution in [0, 0.1) is 5.41 Å². The van der Waals surface area contributed by atoms with E-state index in [0.717, 1.165) is 29.7 Å². The lowest BCUT2D eigenvalue weighted by Crippen LogP contribution is -2.50. The highest BCUT2D eigenvalue weighted by atomic mass is 16.5. The van der Waals surface area contributed by atoms with Crippen LogP contribution in [-0.4, -0.2) is 84.6 Å². The molecule has 0 spiro atoms. The normalized spacial score (nSPS) is 15.8. The van der Waals surface area contributed by atoms with Crippen LogP contribution in [0.4, 0.5) is 16.2 Å². The predicted octanol–water partition coefficient (Wildman–Crippen LogP) is 6.59. The third-order valence-corrected chi connectivity index (χ3v) is 9.34. The molecule has 0 radical (unpaired) electrons. The van der Waals surface area contributed by atoms with E-state index in [-0.39, 0.29) is 17.4 Å². The number of methoxy groups -OCH3 is 1. The van der Waals surface area contributed by atoms with Gasteiger partial charge in [0.05, 0.1) is 18.4 Å². The van der Waals surface area contributed by atoms with Crippen LogP contribution in [0.15, 0.2) is 72.1 Å². The fourth-order valence-corrected chi connectivity index (χ4v) is 6.46. The molecule has 0 atom stereocenters. The second-order valence-corrected chi connectivity index (χ2v) is 12.9. The van der Waals surface area contributed by atoms with E-state index >= 15 is 0 Å². The highest BCUT2D eigenvalue weighted by Crippen LogP contribution is 2.38. The molecule has 12 nitrogen and oxygen atoms in total. The topological polar surface area (TPSA) is 152 Å². The minimum absolute atomic E-state index is 0.0247. The number of amides is 3. The minimum atomic E-state index is -0.500. The fourth-order valence-electron chi connectivity index (χ4n) is 6.46. The number of piperazine rings is 1. The number of carbonyl (C=O) groups is 3. The molecule has 264 valence electrons. The van der Waals surface area contributed by atoms with Gasteiger partial charge in [-0.15, -0.1) is 0 Å². The van der Waals surface area contributed by atoms with Crippen LogP contribution in [0.5, 0.6) is 11.5 Å². The van der Waals surface area contributed by atoms with Gasteiger partial charge >= 0.3 is 6.03 Å². The van der Waals surface area contributed by atoms with Gasteiger partial charge in [-0.2, -0.15) is 0 Å². The first-order valence-electron chi connectivity index (χ1n) is 16.9. The molecule has 2 aliphatic rings. The maximum absolute atomic E-state index is 13.7. The molecule has 51 heavy (non-hydrogen) atoms. The van der Waals surface area contributed by atoms with Crippen LogP contribution >= 0.6 is 0 Å². The van der Waals surface area contributed by atoms with E-state index in [9.17, 15) is 14.4 Å². The molecule has 3 amide bonds. The number of aromatic amines is 1. The number of nitrogens with one attached hydrogen (secondary N) is 5. The summed E-state index contributed by atoms with van der Waals surface area (Å²) >= 11 is 0. The van der Waals surface area contributed by atoms with Crippen LogP contribution in [0.1, 0.15) is 59.7 Å². The van der Waals surface area contributed by atoms with E-state index in [0.29, 0.717) is 75.7 Å². The van der Waals surface area contributed by atoms with Crippen molar-refractivity contribution in [3.8, 4) is 11.5 Å². The SMILES string of the molecule is CN/C(C)=C(\C(C)=N)c1[nH]c2ccc(OC)cc2c1/C=C1\Oc2ccc(NC(=O)Nc3ccc(C(=O)N4CCN(C(C)C)CC4)cc3)cc2C1=O. The Balaban J connectivity index is 1.17. The molecular weight excluding hydrogens is 646 g/mol. The number of hydrogen-bond acceptors (Lipinski definition) is 8. The lowest BCUT2D eigenvalue weighted by atomic mass is 9.99. The predicted molar refractivity (Wildman–Crippen MR) is 201 cm³/mol. The molecule has 0 unspecified atom stereocenters. The van der Waals surface area contributed by atoms with Gasteiger partial charge in [0.15, 0.2) is 5.76 Å². The van der Waals surface area contributed by atoms with Crippen LogP contribution in [0.2, 0.25) is 0 Å². The van der Waals surface area contributed by atoms with Gasteiger partial charge in [-0.3, -0.25) is 14.5 Å². The summed E-state index contributed by atoms with van der Waals surface area (Å²) in [5, 5.41) is 18.0. The van der Waals surface area contributed by atoms with Crippen molar-refractivity contribution in [3.05, 3.63) is 94.5 Å². The van der Waals surface area contributed by atoms with Crippen molar-refractivity contribution < 1.29 is 23.9 Å². The Hall–Kier alpha value is -5.88. The molecule has 3 heterocycles. The van der Waals surface area contributed by atoms with Crippen LogP contribution in [-0.2, 0) is 0 Å². The highest BCUT2D eigenvalue weighted by Gasteiger charge is 2.30. The Morgan fingerprint density at radius 2 is 1.65 bits per heavy atom. The molecular formula is C39H43N7O5. The van der Waals surface area contributed by atoms with Gasteiger partial charge in [0, 0.05) is 89.7 Å². The molecule has 0 bridgehead atoms. The Labute approximate surface area is 297 Å². The molecule has 4 aromatic rings. The maximum Gasteiger partial charge on any atom is 0.323 e. The Bertz CT molecular complexity index is 2090. The van der Waals surface area contributed by atoms with Crippen molar-refractivity contribution >= 4 is 57.4 Å². The number of carbonyl (C=O) groups excluding carboxylic acids is 3. The van der Waals surface area contributed by atoms with Crippen molar-refractivity contribution in [2.75, 3.05) is 51.0 Å². The summed E-state index contributed by atoms with van der Waals surface area (Å²) in [5.41, 5.74) is 5.75. The average Bonchev–Trinajstić information content (AvgIpc) is 3.63. The molecule has 1 aromatic heterocycles. The zero-order valence-electron chi connectivity index (χ0n) is 29.7. The molecule has 6 rings (SSSR count). The number of rotatable bonds is 9. The highest BCUT2D eigenvalue weighted by molar-refractivity contribution is 6.24. The summed E-state index contributed by atoms with van der Waals surface area (Å²) in [4.78, 5) is 47.3. The second kappa shape index (κ2) is 14.5. The first kappa shape index (κ1) is 35.0. The number of Topliss-reactive ketones (excluding diaryl/α,β-unsaturated/α-hetero) is 1. The van der Waals surface area contributed by atoms with E-state index in [2.05, 4.69) is 39.7 Å². The molecule has 0 aliphatic carbocycles. The van der Waals surface area contributed by atoms with E-state index in [1.807, 2.05) is 30.0 Å². The number of benzene rings is 3. The van der Waals surface area contributed by atoms with Crippen molar-refractivity contribution in [1.29, 1.82) is 5.41 Å². The van der Waals surface area contributed by atoms with Crippen molar-refractivity contribution in [1.82, 2.24) is 20.1 Å². The van der Waals surface area contributed by atoms with Crippen molar-refractivity contribution in [2.45, 2.75) is 33.7 Å². The minimum Gasteiger partial charge on any atom is -0.497 e. The third-order valence-electron chi connectivity index (χ3n) is 9.34. The fraction of sp³-hybridized carbons (Fsp3) is 0.282. The monoisotopic (exact) mass is 689 g/mol. The molecule has 1 fully saturated rings. The molecule has 2 aliphatic heterocycles. The van der Waals surface area contributed by atoms with Crippen LogP contribution < -0.4 is 25.4 Å². The number of urea groups is 1. The van der Waals surface area contributed by atoms with Gasteiger partial charge < -0.3 is 40.7 Å². The number of H-pyrrole nitrogens is 1. The largest absolute Gasteiger partial charge is 0.497 e. The summed E-state index contributed by atoms with van der Waals surface area (Å²) in [7, 11) is 3.38. The van der Waals surface area contributed by atoms with Gasteiger partial charge in [-0.1, -0.05) is 0 Å². The van der Waals surface area contributed by atoms with Gasteiger partial charge in [-0.05, 0) is 94.4 Å². The van der Waals surface area contributed by atoms with Gasteiger partial charge in [0.1, 0.15) is 11.5 Å². The quantitative estimate of drug-likeness (QED) is 0.0982. The zero-order chi connectivity index (χ0) is 36.4. The third kappa shape index (κ3) is 7.22. The standard InChI is InChI=1S/C39H43N7O5/c1-22(2)45-15-17-46(18-16-45)38(48)25-7-9-26(10-8-25)42-39(49)43-27-11-14-33-31(19-27)37(47)34(51-33)21-30-29-20-28(50-6)12-13-32(29)44-36(30)35(23(3)40)24(4)41-5/h7-14,19-22,40-41,44H,15-18H2,1-6H3,(H2,42,43,49)/b34-21-,35-24+,40-23?.